The van der Waals surface area contributed by atoms with Gasteiger partial charge in [-0.2, -0.15) is 4.98 Å². The summed E-state index contributed by atoms with van der Waals surface area (Å²) in [6, 6.07) is 11.3. The molecular formula is C18H25N3O. The van der Waals surface area contributed by atoms with Crippen molar-refractivity contribution >= 4 is 0 Å². The number of hydrogen-bond donors (Lipinski definition) is 0. The van der Waals surface area contributed by atoms with Gasteiger partial charge in [0.25, 0.3) is 0 Å². The first-order valence-corrected chi connectivity index (χ1v) is 8.44. The van der Waals surface area contributed by atoms with E-state index in [0.29, 0.717) is 6.04 Å². The van der Waals surface area contributed by atoms with Crippen molar-refractivity contribution in [2.75, 3.05) is 6.54 Å². The van der Waals surface area contributed by atoms with Gasteiger partial charge in [-0.3, -0.25) is 4.90 Å². The molecule has 4 heteroatoms. The van der Waals surface area contributed by atoms with E-state index in [-0.39, 0.29) is 0 Å². The third kappa shape index (κ3) is 3.95. The molecule has 1 aromatic heterocycles. The molecule has 3 rings (SSSR count). The Morgan fingerprint density at radius 2 is 2.14 bits per heavy atom. The van der Waals surface area contributed by atoms with E-state index in [9.17, 15) is 0 Å². The van der Waals surface area contributed by atoms with Gasteiger partial charge in [-0.05, 0) is 37.8 Å². The largest absolute Gasteiger partial charge is 0.338 e. The summed E-state index contributed by atoms with van der Waals surface area (Å²) in [5, 5.41) is 4.09. The van der Waals surface area contributed by atoms with Crippen LogP contribution in [0.5, 0.6) is 0 Å². The van der Waals surface area contributed by atoms with Gasteiger partial charge < -0.3 is 4.52 Å². The lowest BCUT2D eigenvalue weighted by Gasteiger charge is -2.22. The van der Waals surface area contributed by atoms with E-state index in [1.807, 2.05) is 0 Å². The monoisotopic (exact) mass is 299 g/mol. The predicted molar refractivity (Wildman–Crippen MR) is 86.5 cm³/mol. The minimum absolute atomic E-state index is 0.591. The molecule has 0 aliphatic carbocycles. The Hall–Kier alpha value is -1.68. The molecule has 0 saturated carbocycles. The van der Waals surface area contributed by atoms with Crippen LogP contribution in [0.15, 0.2) is 34.9 Å². The van der Waals surface area contributed by atoms with Crippen molar-refractivity contribution in [1.29, 1.82) is 0 Å². The molecule has 1 aliphatic heterocycles. The third-order valence-corrected chi connectivity index (χ3v) is 4.42. The molecule has 1 aromatic carbocycles. The van der Waals surface area contributed by atoms with Crippen LogP contribution in [0.3, 0.4) is 0 Å². The van der Waals surface area contributed by atoms with Crippen molar-refractivity contribution in [2.24, 2.45) is 0 Å². The molecule has 1 atom stereocenters. The molecule has 0 spiro atoms. The van der Waals surface area contributed by atoms with E-state index in [1.165, 1.54) is 18.4 Å². The SMILES string of the molecule is CCCCc1noc(CN2CCCC2Cc2ccccc2)n1. The minimum atomic E-state index is 0.591. The Morgan fingerprint density at radius 1 is 1.27 bits per heavy atom. The highest BCUT2D eigenvalue weighted by Crippen LogP contribution is 2.23. The number of aromatic nitrogens is 2. The van der Waals surface area contributed by atoms with E-state index in [0.717, 1.165) is 50.5 Å². The first kappa shape index (κ1) is 15.2. The quantitative estimate of drug-likeness (QED) is 0.783. The average molecular weight is 299 g/mol. The van der Waals surface area contributed by atoms with Gasteiger partial charge in [0.1, 0.15) is 0 Å². The maximum Gasteiger partial charge on any atom is 0.240 e. The zero-order valence-corrected chi connectivity index (χ0v) is 13.4. The number of unbranched alkanes of at least 4 members (excludes halogenated alkanes) is 1. The minimum Gasteiger partial charge on any atom is -0.338 e. The highest BCUT2D eigenvalue weighted by atomic mass is 16.5. The summed E-state index contributed by atoms with van der Waals surface area (Å²) in [5.41, 5.74) is 1.41. The van der Waals surface area contributed by atoms with Crippen molar-refractivity contribution in [1.82, 2.24) is 15.0 Å². The molecule has 0 radical (unpaired) electrons. The van der Waals surface area contributed by atoms with Crippen LogP contribution >= 0.6 is 0 Å². The van der Waals surface area contributed by atoms with Gasteiger partial charge >= 0.3 is 0 Å². The topological polar surface area (TPSA) is 42.2 Å². The third-order valence-electron chi connectivity index (χ3n) is 4.42. The van der Waals surface area contributed by atoms with Crippen molar-refractivity contribution in [3.63, 3.8) is 0 Å². The summed E-state index contributed by atoms with van der Waals surface area (Å²) in [6.07, 6.45) is 6.83. The molecule has 0 amide bonds. The molecular weight excluding hydrogens is 274 g/mol. The smallest absolute Gasteiger partial charge is 0.240 e. The standard InChI is InChI=1S/C18H25N3O/c1-2-3-11-17-19-18(22-20-17)14-21-12-7-10-16(21)13-15-8-5-4-6-9-15/h4-6,8-9,16H,2-3,7,10-14H2,1H3. The maximum absolute atomic E-state index is 5.42. The Kier molecular flexibility index (Phi) is 5.22. The summed E-state index contributed by atoms with van der Waals surface area (Å²) in [5.74, 6) is 1.63. The summed E-state index contributed by atoms with van der Waals surface area (Å²) < 4.78 is 5.42. The van der Waals surface area contributed by atoms with Crippen LogP contribution in [0.4, 0.5) is 0 Å². The van der Waals surface area contributed by atoms with Crippen molar-refractivity contribution < 1.29 is 4.52 Å². The summed E-state index contributed by atoms with van der Waals surface area (Å²) in [6.45, 7) is 4.10. The van der Waals surface area contributed by atoms with Crippen LogP contribution < -0.4 is 0 Å². The first-order chi connectivity index (χ1) is 10.8. The highest BCUT2D eigenvalue weighted by Gasteiger charge is 2.26. The van der Waals surface area contributed by atoms with Crippen LogP contribution in [0.2, 0.25) is 0 Å². The molecule has 1 aliphatic rings. The number of benzene rings is 1. The van der Waals surface area contributed by atoms with Crippen molar-refractivity contribution in [3.8, 4) is 0 Å². The van der Waals surface area contributed by atoms with E-state index in [1.54, 1.807) is 0 Å². The lowest BCUT2D eigenvalue weighted by molar-refractivity contribution is 0.209. The number of rotatable bonds is 7. The summed E-state index contributed by atoms with van der Waals surface area (Å²) in [4.78, 5) is 7.02. The number of likely N-dealkylation sites (tertiary alicyclic amines) is 1. The van der Waals surface area contributed by atoms with Gasteiger partial charge in [0, 0.05) is 12.5 Å². The fourth-order valence-corrected chi connectivity index (χ4v) is 3.19. The van der Waals surface area contributed by atoms with Gasteiger partial charge in [0.2, 0.25) is 5.89 Å². The molecule has 0 bridgehead atoms. The fourth-order valence-electron chi connectivity index (χ4n) is 3.19. The molecule has 4 nitrogen and oxygen atoms in total. The zero-order chi connectivity index (χ0) is 15.2. The molecule has 1 fully saturated rings. The van der Waals surface area contributed by atoms with Crippen LogP contribution in [0, 0.1) is 0 Å². The second-order valence-electron chi connectivity index (χ2n) is 6.16. The number of hydrogen-bond acceptors (Lipinski definition) is 4. The Labute approximate surface area is 132 Å². The van der Waals surface area contributed by atoms with Crippen LogP contribution in [0.1, 0.15) is 49.9 Å². The van der Waals surface area contributed by atoms with Gasteiger partial charge in [-0.25, -0.2) is 0 Å². The van der Waals surface area contributed by atoms with E-state index < -0.39 is 0 Å². The van der Waals surface area contributed by atoms with E-state index in [4.69, 9.17) is 4.52 Å². The van der Waals surface area contributed by atoms with Gasteiger partial charge in [-0.15, -0.1) is 0 Å². The fraction of sp³-hybridized carbons (Fsp3) is 0.556. The van der Waals surface area contributed by atoms with E-state index in [2.05, 4.69) is 52.3 Å². The Bertz CT molecular complexity index is 567. The average Bonchev–Trinajstić information content (AvgIpc) is 3.17. The van der Waals surface area contributed by atoms with Crippen LogP contribution in [-0.2, 0) is 19.4 Å². The summed E-state index contributed by atoms with van der Waals surface area (Å²) in [7, 11) is 0. The Balaban J connectivity index is 1.57. The second-order valence-corrected chi connectivity index (χ2v) is 6.16. The normalized spacial score (nSPS) is 18.9. The lowest BCUT2D eigenvalue weighted by Crippen LogP contribution is -2.30. The summed E-state index contributed by atoms with van der Waals surface area (Å²) >= 11 is 0. The zero-order valence-electron chi connectivity index (χ0n) is 13.4. The van der Waals surface area contributed by atoms with Crippen molar-refractivity contribution in [2.45, 2.75) is 58.0 Å². The predicted octanol–water partition coefficient (Wildman–Crippen LogP) is 3.62. The molecule has 0 N–H and O–H groups in total. The van der Waals surface area contributed by atoms with Crippen LogP contribution in [0.25, 0.3) is 0 Å². The van der Waals surface area contributed by atoms with Crippen LogP contribution in [-0.4, -0.2) is 27.6 Å². The Morgan fingerprint density at radius 3 is 2.95 bits per heavy atom. The number of nitrogens with zero attached hydrogens (tertiary/aromatic N) is 3. The molecule has 2 aromatic rings. The van der Waals surface area contributed by atoms with Crippen molar-refractivity contribution in [3.05, 3.63) is 47.6 Å². The first-order valence-electron chi connectivity index (χ1n) is 8.44. The van der Waals surface area contributed by atoms with E-state index >= 15 is 0 Å². The second kappa shape index (κ2) is 7.54. The van der Waals surface area contributed by atoms with Gasteiger partial charge in [0.05, 0.1) is 6.54 Å². The molecule has 1 saturated heterocycles. The molecule has 1 unspecified atom stereocenters. The molecule has 2 heterocycles. The van der Waals surface area contributed by atoms with Gasteiger partial charge in [0.15, 0.2) is 5.82 Å². The lowest BCUT2D eigenvalue weighted by atomic mass is 10.0. The number of aryl methyl sites for hydroxylation is 1. The molecule has 22 heavy (non-hydrogen) atoms. The molecule has 118 valence electrons. The van der Waals surface area contributed by atoms with Gasteiger partial charge in [-0.1, -0.05) is 48.8 Å². The maximum atomic E-state index is 5.42. The highest BCUT2D eigenvalue weighted by molar-refractivity contribution is 5.16.